The molecular weight excluding hydrogens is 286 g/mol. The normalized spacial score (nSPS) is 15.1. The number of anilines is 1. The number of aromatic nitrogens is 3. The van der Waals surface area contributed by atoms with Crippen LogP contribution in [0.2, 0.25) is 5.02 Å². The Morgan fingerprint density at radius 3 is 2.90 bits per heavy atom. The predicted molar refractivity (Wildman–Crippen MR) is 84.6 cm³/mol. The number of halogens is 1. The van der Waals surface area contributed by atoms with Gasteiger partial charge in [0.15, 0.2) is 0 Å². The first-order chi connectivity index (χ1) is 10.3. The van der Waals surface area contributed by atoms with Crippen LogP contribution in [0.25, 0.3) is 22.2 Å². The molecule has 1 aromatic carbocycles. The summed E-state index contributed by atoms with van der Waals surface area (Å²) >= 11 is 6.29. The van der Waals surface area contributed by atoms with E-state index < -0.39 is 0 Å². The first-order valence-electron chi connectivity index (χ1n) is 6.87. The SMILES string of the molecule is Clc1cnc(NC2CNC2)nc1-c1c[nH]c2ccccc12. The number of H-pyrrole nitrogens is 1. The van der Waals surface area contributed by atoms with Gasteiger partial charge in [-0.05, 0) is 6.07 Å². The van der Waals surface area contributed by atoms with Crippen molar-refractivity contribution in [3.63, 3.8) is 0 Å². The van der Waals surface area contributed by atoms with E-state index in [9.17, 15) is 0 Å². The molecule has 5 nitrogen and oxygen atoms in total. The molecular formula is C15H14ClN5. The molecule has 0 aliphatic carbocycles. The van der Waals surface area contributed by atoms with E-state index in [1.54, 1.807) is 6.20 Å². The first-order valence-corrected chi connectivity index (χ1v) is 7.25. The first kappa shape index (κ1) is 12.6. The molecule has 21 heavy (non-hydrogen) atoms. The summed E-state index contributed by atoms with van der Waals surface area (Å²) in [5, 5.41) is 8.17. The highest BCUT2D eigenvalue weighted by Gasteiger charge is 2.18. The van der Waals surface area contributed by atoms with Gasteiger partial charge < -0.3 is 15.6 Å². The van der Waals surface area contributed by atoms with Gasteiger partial charge in [-0.15, -0.1) is 0 Å². The quantitative estimate of drug-likeness (QED) is 0.696. The van der Waals surface area contributed by atoms with Crippen LogP contribution in [0.3, 0.4) is 0 Å². The number of nitrogens with one attached hydrogen (secondary N) is 3. The molecule has 0 radical (unpaired) electrons. The molecule has 2 aromatic heterocycles. The zero-order valence-corrected chi connectivity index (χ0v) is 12.0. The maximum Gasteiger partial charge on any atom is 0.223 e. The van der Waals surface area contributed by atoms with Gasteiger partial charge in [0.2, 0.25) is 5.95 Å². The van der Waals surface area contributed by atoms with Crippen molar-refractivity contribution in [1.29, 1.82) is 0 Å². The fourth-order valence-electron chi connectivity index (χ4n) is 2.47. The molecule has 0 bridgehead atoms. The van der Waals surface area contributed by atoms with Gasteiger partial charge in [-0.2, -0.15) is 0 Å². The monoisotopic (exact) mass is 299 g/mol. The highest BCUT2D eigenvalue weighted by Crippen LogP contribution is 2.32. The molecule has 0 saturated carbocycles. The maximum absolute atomic E-state index is 6.29. The van der Waals surface area contributed by atoms with Gasteiger partial charge in [0.25, 0.3) is 0 Å². The van der Waals surface area contributed by atoms with Crippen molar-refractivity contribution in [3.05, 3.63) is 41.7 Å². The van der Waals surface area contributed by atoms with E-state index in [4.69, 9.17) is 11.6 Å². The zero-order valence-electron chi connectivity index (χ0n) is 11.2. The van der Waals surface area contributed by atoms with Crippen molar-refractivity contribution >= 4 is 28.5 Å². The zero-order chi connectivity index (χ0) is 14.2. The molecule has 0 unspecified atom stereocenters. The maximum atomic E-state index is 6.29. The summed E-state index contributed by atoms with van der Waals surface area (Å²) in [6.45, 7) is 1.88. The lowest BCUT2D eigenvalue weighted by Gasteiger charge is -2.27. The molecule has 0 spiro atoms. The lowest BCUT2D eigenvalue weighted by molar-refractivity contribution is 0.470. The Labute approximate surface area is 126 Å². The molecule has 3 aromatic rings. The molecule has 0 amide bonds. The van der Waals surface area contributed by atoms with Gasteiger partial charge in [0, 0.05) is 35.8 Å². The van der Waals surface area contributed by atoms with Crippen LogP contribution >= 0.6 is 11.6 Å². The van der Waals surface area contributed by atoms with E-state index in [0.717, 1.165) is 35.2 Å². The summed E-state index contributed by atoms with van der Waals surface area (Å²) in [7, 11) is 0. The average Bonchev–Trinajstić information content (AvgIpc) is 2.88. The number of fused-ring (bicyclic) bond motifs is 1. The van der Waals surface area contributed by atoms with Crippen LogP contribution in [-0.4, -0.2) is 34.1 Å². The molecule has 4 rings (SSSR count). The van der Waals surface area contributed by atoms with Crippen molar-refractivity contribution in [3.8, 4) is 11.3 Å². The summed E-state index contributed by atoms with van der Waals surface area (Å²) < 4.78 is 0. The van der Waals surface area contributed by atoms with E-state index in [1.165, 1.54) is 0 Å². The molecule has 1 fully saturated rings. The summed E-state index contributed by atoms with van der Waals surface area (Å²) in [6, 6.07) is 8.49. The van der Waals surface area contributed by atoms with Gasteiger partial charge in [-0.1, -0.05) is 29.8 Å². The van der Waals surface area contributed by atoms with Gasteiger partial charge in [-0.3, -0.25) is 0 Å². The molecule has 3 N–H and O–H groups in total. The van der Waals surface area contributed by atoms with Crippen molar-refractivity contribution < 1.29 is 0 Å². The second kappa shape index (κ2) is 5.02. The van der Waals surface area contributed by atoms with E-state index in [-0.39, 0.29) is 0 Å². The molecule has 3 heterocycles. The highest BCUT2D eigenvalue weighted by molar-refractivity contribution is 6.33. The molecule has 6 heteroatoms. The predicted octanol–water partition coefficient (Wildman–Crippen LogP) is 2.66. The minimum Gasteiger partial charge on any atom is -0.360 e. The van der Waals surface area contributed by atoms with E-state index in [2.05, 4.69) is 31.7 Å². The summed E-state index contributed by atoms with van der Waals surface area (Å²) in [4.78, 5) is 12.1. The molecule has 1 aliphatic heterocycles. The number of hydrogen-bond acceptors (Lipinski definition) is 4. The Balaban J connectivity index is 1.77. The van der Waals surface area contributed by atoms with Crippen LogP contribution in [0, 0.1) is 0 Å². The third-order valence-electron chi connectivity index (χ3n) is 3.70. The van der Waals surface area contributed by atoms with Gasteiger partial charge in [0.05, 0.1) is 23.0 Å². The third kappa shape index (κ3) is 2.24. The molecule has 1 saturated heterocycles. The third-order valence-corrected chi connectivity index (χ3v) is 3.98. The Morgan fingerprint density at radius 2 is 2.10 bits per heavy atom. The number of rotatable bonds is 3. The van der Waals surface area contributed by atoms with Crippen molar-refractivity contribution in [2.45, 2.75) is 6.04 Å². The van der Waals surface area contributed by atoms with E-state index in [1.807, 2.05) is 24.4 Å². The van der Waals surface area contributed by atoms with Crippen LogP contribution in [0.15, 0.2) is 36.7 Å². The highest BCUT2D eigenvalue weighted by atomic mass is 35.5. The van der Waals surface area contributed by atoms with Crippen molar-refractivity contribution in [2.24, 2.45) is 0 Å². The number of para-hydroxylation sites is 1. The van der Waals surface area contributed by atoms with Crippen LogP contribution in [0.4, 0.5) is 5.95 Å². The van der Waals surface area contributed by atoms with Crippen LogP contribution in [0.5, 0.6) is 0 Å². The van der Waals surface area contributed by atoms with Crippen LogP contribution < -0.4 is 10.6 Å². The number of nitrogens with zero attached hydrogens (tertiary/aromatic N) is 2. The second-order valence-electron chi connectivity index (χ2n) is 5.14. The number of aromatic amines is 1. The Hall–Kier alpha value is -2.11. The summed E-state index contributed by atoms with van der Waals surface area (Å²) in [5.74, 6) is 0.617. The van der Waals surface area contributed by atoms with Gasteiger partial charge in [0.1, 0.15) is 0 Å². The topological polar surface area (TPSA) is 65.6 Å². The molecule has 0 atom stereocenters. The van der Waals surface area contributed by atoms with Gasteiger partial charge >= 0.3 is 0 Å². The minimum atomic E-state index is 0.391. The van der Waals surface area contributed by atoms with Crippen LogP contribution in [0.1, 0.15) is 0 Å². The minimum absolute atomic E-state index is 0.391. The Bertz CT molecular complexity index is 794. The molecule has 106 valence electrons. The van der Waals surface area contributed by atoms with Crippen molar-refractivity contribution in [2.75, 3.05) is 18.4 Å². The molecule has 1 aliphatic rings. The lowest BCUT2D eigenvalue weighted by Crippen LogP contribution is -2.51. The van der Waals surface area contributed by atoms with E-state index in [0.29, 0.717) is 17.0 Å². The Kier molecular flexibility index (Phi) is 3.02. The van der Waals surface area contributed by atoms with Crippen LogP contribution in [-0.2, 0) is 0 Å². The summed E-state index contributed by atoms with van der Waals surface area (Å²) in [5.41, 5.74) is 2.81. The lowest BCUT2D eigenvalue weighted by atomic mass is 10.1. The number of benzene rings is 1. The second-order valence-corrected chi connectivity index (χ2v) is 5.54. The number of hydrogen-bond donors (Lipinski definition) is 3. The van der Waals surface area contributed by atoms with E-state index >= 15 is 0 Å². The average molecular weight is 300 g/mol. The summed E-state index contributed by atoms with van der Waals surface area (Å²) in [6.07, 6.45) is 3.59. The van der Waals surface area contributed by atoms with Crippen molar-refractivity contribution in [1.82, 2.24) is 20.3 Å². The standard InChI is InChI=1S/C15H14ClN5/c16-12-8-19-15(20-9-5-17-6-9)21-14(12)11-7-18-13-4-2-1-3-10(11)13/h1-4,7-9,17-18H,5-6H2,(H,19,20,21). The fourth-order valence-corrected chi connectivity index (χ4v) is 2.66. The smallest absolute Gasteiger partial charge is 0.223 e. The Morgan fingerprint density at radius 1 is 1.24 bits per heavy atom. The largest absolute Gasteiger partial charge is 0.360 e. The van der Waals surface area contributed by atoms with Gasteiger partial charge in [-0.25, -0.2) is 9.97 Å². The fraction of sp³-hybridized carbons (Fsp3) is 0.200.